The summed E-state index contributed by atoms with van der Waals surface area (Å²) in [7, 11) is 0. The van der Waals surface area contributed by atoms with Gasteiger partial charge in [0, 0.05) is 23.0 Å². The Morgan fingerprint density at radius 1 is 0.479 bits per heavy atom. The predicted octanol–water partition coefficient (Wildman–Crippen LogP) is 17.3. The molecule has 0 aliphatic heterocycles. The van der Waals surface area contributed by atoms with Gasteiger partial charge in [0.2, 0.25) is 0 Å². The third-order valence-electron chi connectivity index (χ3n) is 12.8. The third-order valence-corrected chi connectivity index (χ3v) is 12.8. The van der Waals surface area contributed by atoms with E-state index in [2.05, 4.69) is 27.1 Å². The zero-order valence-electron chi connectivity index (χ0n) is 60.6. The molecule has 0 saturated heterocycles. The molecule has 0 atom stereocenters. The minimum Gasteiger partial charge on any atom is -0.458 e. The quantitative estimate of drug-likeness (QED) is 0.107. The molecule has 5 heteroatoms. The number of ether oxygens (including phenoxy) is 1. The normalized spacial score (nSPS) is 15.8. The zero-order valence-corrected chi connectivity index (χ0v) is 40.6. The van der Waals surface area contributed by atoms with Crippen molar-refractivity contribution in [3.63, 3.8) is 0 Å². The van der Waals surface area contributed by atoms with Crippen LogP contribution in [0.5, 0.6) is 11.5 Å². The van der Waals surface area contributed by atoms with Gasteiger partial charge in [0.15, 0.2) is 0 Å². The van der Waals surface area contributed by atoms with Gasteiger partial charge in [-0.1, -0.05) is 205 Å². The van der Waals surface area contributed by atoms with E-state index in [-0.39, 0.29) is 83.8 Å². The standard InChI is InChI=1S/C68H56N4O/c1-67(2,3)52-35-36-69-65(42-52)72-61-30-20-19-29-57(61)58-33-32-55(44-63(58)72)73-56-38-51(47-23-13-8-14-24-47)37-54(43-56)70-45-71(62-34-31-50(39-64(62)70)46-21-11-7-12-22-46)66-59(48-25-15-9-16-26-48)40-53(68(4,5)6)41-60(66)49-27-17-10-18-28-49/h7-44H,1-6H3/i7D,8D,9D,10D,11D,12D,13D,14D,15D,16D,17D,18D,21D,22D,23D,24D,25D,26D,27D,28D. The second kappa shape index (κ2) is 18.1. The van der Waals surface area contributed by atoms with E-state index < -0.39 is 126 Å². The van der Waals surface area contributed by atoms with Gasteiger partial charge in [-0.2, -0.15) is 0 Å². The summed E-state index contributed by atoms with van der Waals surface area (Å²) in [5.74, 6) is 0.968. The number of nitrogens with zero attached hydrogens (tertiary/aromatic N) is 4. The second-order valence-corrected chi connectivity index (χ2v) is 19.6. The Balaban J connectivity index is 1.22. The molecule has 0 spiro atoms. The minimum absolute atomic E-state index is 0.0376. The molecular weight excluding hydrogens is 889 g/mol. The third kappa shape index (κ3) is 8.57. The van der Waals surface area contributed by atoms with Crippen LogP contribution in [0.25, 0.3) is 94.5 Å². The summed E-state index contributed by atoms with van der Waals surface area (Å²) in [5.41, 5.74) is 1.10. The predicted molar refractivity (Wildman–Crippen MR) is 301 cm³/mol. The fraction of sp³-hybridized carbons (Fsp3) is 0.118. The van der Waals surface area contributed by atoms with E-state index in [9.17, 15) is 8.22 Å². The molecule has 0 aliphatic rings. The fourth-order valence-corrected chi connectivity index (χ4v) is 9.19. The molecule has 73 heavy (non-hydrogen) atoms. The number of hydrogen-bond acceptors (Lipinski definition) is 2. The van der Waals surface area contributed by atoms with Crippen LogP contribution in [0.3, 0.4) is 0 Å². The molecule has 3 heterocycles. The molecular formula is C68H56N4O. The Labute approximate surface area is 456 Å². The summed E-state index contributed by atoms with van der Waals surface area (Å²) in [4.78, 5) is 4.83. The van der Waals surface area contributed by atoms with Crippen molar-refractivity contribution < 1.29 is 36.7 Å². The van der Waals surface area contributed by atoms with Crippen molar-refractivity contribution in [1.29, 1.82) is 0 Å². The molecule has 0 saturated carbocycles. The number of imidazole rings is 1. The van der Waals surface area contributed by atoms with E-state index in [0.717, 1.165) is 21.9 Å². The summed E-state index contributed by atoms with van der Waals surface area (Å²) >= 11 is 0. The maximum absolute atomic E-state index is 9.47. The lowest BCUT2D eigenvalue weighted by Gasteiger charge is -2.25. The number of para-hydroxylation sites is 1. The van der Waals surface area contributed by atoms with Crippen molar-refractivity contribution in [2.75, 3.05) is 0 Å². The first-order valence-electron chi connectivity index (χ1n) is 33.5. The average Bonchev–Trinajstić information content (AvgIpc) is 1.62. The number of aromatic nitrogens is 4. The molecule has 0 amide bonds. The van der Waals surface area contributed by atoms with E-state index in [1.165, 1.54) is 39.5 Å². The van der Waals surface area contributed by atoms with Gasteiger partial charge in [-0.05, 0) is 121 Å². The van der Waals surface area contributed by atoms with Crippen LogP contribution in [0, 0.1) is 6.33 Å². The topological polar surface area (TPSA) is 35.9 Å². The molecule has 3 aromatic heterocycles. The molecule has 0 fully saturated rings. The van der Waals surface area contributed by atoms with Gasteiger partial charge in [0.1, 0.15) is 17.3 Å². The highest BCUT2D eigenvalue weighted by Gasteiger charge is 2.25. The van der Waals surface area contributed by atoms with Crippen LogP contribution in [-0.2, 0) is 10.8 Å². The monoisotopic (exact) mass is 965 g/mol. The minimum atomic E-state index is -0.834. The summed E-state index contributed by atoms with van der Waals surface area (Å²) in [6, 6.07) is 16.8. The maximum Gasteiger partial charge on any atom is 0.269 e. The molecule has 5 nitrogen and oxygen atoms in total. The lowest BCUT2D eigenvalue weighted by molar-refractivity contribution is -0.571. The van der Waals surface area contributed by atoms with Gasteiger partial charge in [-0.15, -0.1) is 0 Å². The molecule has 0 unspecified atom stereocenters. The SMILES string of the molecule is [2H]c1c([2H])c([2H])c(-c2cc(Oc3ccc4c5ccccc5n(-c5cc(C(C)(C)C)ccn5)c4c3)cc(-n3[c-][n+](-c4c(-c5c([2H])c([2H])c([2H])c([2H])c5[2H])cc(C(C)(C)C)cc4-c4c([2H])c([2H])c([2H])c([2H])c4[2H])c4ccc(-c5c([2H])c([2H])c([2H])c([2H])c5[2H])cc43)c2)c([2H])c1[2H]. The van der Waals surface area contributed by atoms with Crippen LogP contribution in [-0.4, -0.2) is 14.1 Å². The average molecular weight is 965 g/mol. The Kier molecular flexibility index (Phi) is 7.02. The number of fused-ring (bicyclic) bond motifs is 4. The van der Waals surface area contributed by atoms with Crippen LogP contribution in [0.1, 0.15) is 80.1 Å². The van der Waals surface area contributed by atoms with E-state index in [4.69, 9.17) is 28.9 Å². The molecule has 0 radical (unpaired) electrons. The van der Waals surface area contributed by atoms with Gasteiger partial charge < -0.3 is 4.74 Å². The number of rotatable bonds is 9. The van der Waals surface area contributed by atoms with Crippen molar-refractivity contribution in [2.45, 2.75) is 52.4 Å². The van der Waals surface area contributed by atoms with Gasteiger partial charge in [-0.25, -0.2) is 4.98 Å². The van der Waals surface area contributed by atoms with Crippen LogP contribution in [0.15, 0.2) is 230 Å². The molecule has 9 aromatic carbocycles. The summed E-state index contributed by atoms with van der Waals surface area (Å²) < 4.78 is 191. The fourth-order valence-electron chi connectivity index (χ4n) is 9.19. The zero-order chi connectivity index (χ0) is 67.3. The number of benzene rings is 9. The van der Waals surface area contributed by atoms with Crippen LogP contribution in [0.4, 0.5) is 0 Å². The first kappa shape index (κ1) is 28.3. The molecule has 0 N–H and O–H groups in total. The molecule has 0 bridgehead atoms. The Bertz CT molecular complexity index is 5030. The highest BCUT2D eigenvalue weighted by Crippen LogP contribution is 2.41. The molecule has 12 rings (SSSR count). The lowest BCUT2D eigenvalue weighted by atomic mass is 9.82. The van der Waals surface area contributed by atoms with E-state index in [0.29, 0.717) is 16.9 Å². The van der Waals surface area contributed by atoms with Crippen molar-refractivity contribution >= 4 is 32.8 Å². The summed E-state index contributed by atoms with van der Waals surface area (Å²) in [6.45, 7) is 11.9. The second-order valence-electron chi connectivity index (χ2n) is 19.6. The van der Waals surface area contributed by atoms with E-state index in [1.807, 2.05) is 73.9 Å². The van der Waals surface area contributed by atoms with Crippen molar-refractivity contribution in [3.8, 4) is 73.2 Å². The lowest BCUT2D eigenvalue weighted by Crippen LogP contribution is -2.32. The van der Waals surface area contributed by atoms with Gasteiger partial charge >= 0.3 is 0 Å². The smallest absolute Gasteiger partial charge is 0.269 e. The molecule has 354 valence electrons. The van der Waals surface area contributed by atoms with Crippen LogP contribution < -0.4 is 9.30 Å². The molecule has 12 aromatic rings. The van der Waals surface area contributed by atoms with Crippen LogP contribution >= 0.6 is 0 Å². The highest BCUT2D eigenvalue weighted by molar-refractivity contribution is 6.09. The summed E-state index contributed by atoms with van der Waals surface area (Å²) in [5, 5.41) is 1.79. The highest BCUT2D eigenvalue weighted by atomic mass is 16.5. The Morgan fingerprint density at radius 2 is 1.07 bits per heavy atom. The largest absolute Gasteiger partial charge is 0.458 e. The first-order chi connectivity index (χ1) is 43.7. The number of pyridine rings is 1. The van der Waals surface area contributed by atoms with Gasteiger partial charge in [0.25, 0.3) is 6.33 Å². The van der Waals surface area contributed by atoms with Crippen molar-refractivity contribution in [3.05, 3.63) is 248 Å². The van der Waals surface area contributed by atoms with Crippen LogP contribution in [0.2, 0.25) is 0 Å². The van der Waals surface area contributed by atoms with E-state index in [1.54, 1.807) is 30.5 Å². The van der Waals surface area contributed by atoms with Gasteiger partial charge in [0.05, 0.1) is 60.9 Å². The van der Waals surface area contributed by atoms with Crippen molar-refractivity contribution in [2.24, 2.45) is 0 Å². The van der Waals surface area contributed by atoms with E-state index >= 15 is 0 Å². The number of hydrogen-bond donors (Lipinski definition) is 0. The summed E-state index contributed by atoms with van der Waals surface area (Å²) in [6.07, 6.45) is 5.14. The molecule has 0 aliphatic carbocycles. The maximum atomic E-state index is 9.47. The Hall–Kier alpha value is -8.80. The Morgan fingerprint density at radius 3 is 1.70 bits per heavy atom. The van der Waals surface area contributed by atoms with Gasteiger partial charge in [-0.3, -0.25) is 13.7 Å². The van der Waals surface area contributed by atoms with Crippen molar-refractivity contribution in [1.82, 2.24) is 14.1 Å². The first-order valence-corrected chi connectivity index (χ1v) is 23.5.